The molecule has 2 rings (SSSR count). The normalized spacial score (nSPS) is 10.8. The molecule has 14 heavy (non-hydrogen) atoms. The molecule has 0 aliphatic heterocycles. The van der Waals surface area contributed by atoms with Crippen molar-refractivity contribution in [3.63, 3.8) is 0 Å². The van der Waals surface area contributed by atoms with Gasteiger partial charge < -0.3 is 5.11 Å². The Morgan fingerprint density at radius 1 is 1.50 bits per heavy atom. The van der Waals surface area contributed by atoms with Crippen LogP contribution in [-0.4, -0.2) is 14.9 Å². The van der Waals surface area contributed by atoms with Crippen LogP contribution in [0.25, 0.3) is 11.3 Å². The monoisotopic (exact) mass is 194 g/mol. The van der Waals surface area contributed by atoms with Crippen molar-refractivity contribution in [2.45, 2.75) is 6.61 Å². The second-order valence-electron chi connectivity index (χ2n) is 3.20. The summed E-state index contributed by atoms with van der Waals surface area (Å²) in [6, 6.07) is 4.98. The maximum atomic E-state index is 13.6. The average Bonchev–Trinajstić information content (AvgIpc) is 2.14. The van der Waals surface area contributed by atoms with Crippen molar-refractivity contribution in [2.75, 3.05) is 0 Å². The third-order valence-corrected chi connectivity index (χ3v) is 2.16. The zero-order valence-corrected chi connectivity index (χ0v) is 7.79. The van der Waals surface area contributed by atoms with E-state index in [1.54, 1.807) is 29.1 Å². The Hall–Kier alpha value is -1.55. The smallest absolute Gasteiger partial charge is 0.138 e. The quantitative estimate of drug-likeness (QED) is 0.749. The summed E-state index contributed by atoms with van der Waals surface area (Å²) < 4.78 is 15.3. The number of hydrogen-bond donors (Lipinski definition) is 2. The minimum Gasteiger partial charge on any atom is -0.392 e. The Morgan fingerprint density at radius 2 is 2.21 bits per heavy atom. The Balaban J connectivity index is 2.46. The molecule has 1 heterocycles. The lowest BCUT2D eigenvalue weighted by Gasteiger charge is -2.13. The molecule has 1 aromatic carbocycles. The maximum absolute atomic E-state index is 13.6. The lowest BCUT2D eigenvalue weighted by molar-refractivity contribution is 0.276. The largest absolute Gasteiger partial charge is 0.392 e. The molecule has 0 bridgehead atoms. The molecule has 0 aliphatic rings. The minimum absolute atomic E-state index is 0.275. The van der Waals surface area contributed by atoms with Gasteiger partial charge >= 0.3 is 0 Å². The highest BCUT2D eigenvalue weighted by Gasteiger charge is 2.11. The van der Waals surface area contributed by atoms with Crippen LogP contribution in [0.4, 0.5) is 4.39 Å². The number of rotatable bonds is 2. The van der Waals surface area contributed by atoms with Gasteiger partial charge in [0.2, 0.25) is 0 Å². The number of aromatic nitrogens is 2. The van der Waals surface area contributed by atoms with E-state index in [9.17, 15) is 4.39 Å². The highest BCUT2D eigenvalue weighted by atomic mass is 19.1. The molecule has 0 unspecified atom stereocenters. The summed E-state index contributed by atoms with van der Waals surface area (Å²) in [6.45, 7) is -0.275. The van der Waals surface area contributed by atoms with Gasteiger partial charge in [0.15, 0.2) is 0 Å². The van der Waals surface area contributed by atoms with Gasteiger partial charge in [0.25, 0.3) is 0 Å². The third kappa shape index (κ3) is 1.33. The van der Waals surface area contributed by atoms with Crippen molar-refractivity contribution in [1.82, 2.24) is 9.78 Å². The van der Waals surface area contributed by atoms with Gasteiger partial charge in [-0.2, -0.15) is 0 Å². The zero-order valence-electron chi connectivity index (χ0n) is 7.79. The summed E-state index contributed by atoms with van der Waals surface area (Å²) in [7, 11) is 1.83. The van der Waals surface area contributed by atoms with Gasteiger partial charge in [0, 0.05) is 24.4 Å². The molecule has 0 amide bonds. The fraction of sp³-hybridized carbons (Fsp3) is 0.200. The molecule has 4 heteroatoms. The number of halogens is 1. The molecule has 0 saturated heterocycles. The Labute approximate surface area is 80.8 Å². The van der Waals surface area contributed by atoms with Crippen LogP contribution < -0.4 is 0 Å². The number of aromatic amines is 1. The molecular formula is C10H11FN2O. The van der Waals surface area contributed by atoms with Crippen LogP contribution in [0.1, 0.15) is 5.56 Å². The van der Waals surface area contributed by atoms with Crippen LogP contribution in [0.5, 0.6) is 0 Å². The van der Waals surface area contributed by atoms with Gasteiger partial charge in [-0.3, -0.25) is 9.78 Å². The van der Waals surface area contributed by atoms with Crippen molar-refractivity contribution >= 4 is 0 Å². The molecule has 2 N–H and O–H groups in total. The molecule has 0 atom stereocenters. The Bertz CT molecular complexity index is 433. The summed E-state index contributed by atoms with van der Waals surface area (Å²) in [5.41, 5.74) is 1.55. The first-order chi connectivity index (χ1) is 6.72. The van der Waals surface area contributed by atoms with Crippen LogP contribution in [-0.2, 0) is 13.7 Å². The number of aliphatic hydroxyl groups excluding tert-OH is 1. The molecule has 0 radical (unpaired) electrons. The van der Waals surface area contributed by atoms with Gasteiger partial charge in [-0.25, -0.2) is 4.39 Å². The molecule has 74 valence electrons. The summed E-state index contributed by atoms with van der Waals surface area (Å²) in [6.07, 6.45) is 1.79. The van der Waals surface area contributed by atoms with Crippen molar-refractivity contribution in [3.8, 4) is 11.3 Å². The van der Waals surface area contributed by atoms with Gasteiger partial charge in [-0.1, -0.05) is 12.1 Å². The first-order valence-electron chi connectivity index (χ1n) is 4.32. The first-order valence-corrected chi connectivity index (χ1v) is 4.32. The predicted octanol–water partition coefficient (Wildman–Crippen LogP) is 1.65. The number of aryl methyl sites for hydroxylation is 1. The number of benzene rings is 1. The molecule has 0 aliphatic carbocycles. The predicted molar refractivity (Wildman–Crippen MR) is 51.1 cm³/mol. The van der Waals surface area contributed by atoms with Gasteiger partial charge in [-0.05, 0) is 6.07 Å². The van der Waals surface area contributed by atoms with E-state index in [1.165, 1.54) is 0 Å². The van der Waals surface area contributed by atoms with Crippen LogP contribution >= 0.6 is 0 Å². The second-order valence-corrected chi connectivity index (χ2v) is 3.20. The zero-order chi connectivity index (χ0) is 10.1. The van der Waals surface area contributed by atoms with E-state index in [1.807, 2.05) is 7.05 Å². The molecule has 2 aromatic rings. The van der Waals surface area contributed by atoms with E-state index in [0.29, 0.717) is 11.1 Å². The number of nitrogens with one attached hydrogen (secondary N) is 1. The topological polar surface area (TPSA) is 41.0 Å². The van der Waals surface area contributed by atoms with Crippen molar-refractivity contribution in [2.24, 2.45) is 7.05 Å². The summed E-state index contributed by atoms with van der Waals surface area (Å²) in [4.78, 5) is 0. The van der Waals surface area contributed by atoms with Crippen LogP contribution in [0, 0.1) is 5.82 Å². The fourth-order valence-corrected chi connectivity index (χ4v) is 1.42. The molecule has 0 spiro atoms. The van der Waals surface area contributed by atoms with Crippen LogP contribution in [0.2, 0.25) is 0 Å². The van der Waals surface area contributed by atoms with E-state index in [0.717, 1.165) is 5.69 Å². The Morgan fingerprint density at radius 3 is 2.79 bits per heavy atom. The van der Waals surface area contributed by atoms with E-state index >= 15 is 0 Å². The lowest BCUT2D eigenvalue weighted by Crippen LogP contribution is -2.06. The molecule has 1 aromatic heterocycles. The summed E-state index contributed by atoms with van der Waals surface area (Å²) >= 11 is 0. The average molecular weight is 194 g/mol. The summed E-state index contributed by atoms with van der Waals surface area (Å²) in [5.74, 6) is -0.359. The molecule has 3 nitrogen and oxygen atoms in total. The SMILES string of the molecule is Cn1cc(-c2cccc(CO)c2F)[nH]1. The highest BCUT2D eigenvalue weighted by Crippen LogP contribution is 2.23. The van der Waals surface area contributed by atoms with Gasteiger partial charge in [0.05, 0.1) is 12.3 Å². The minimum atomic E-state index is -0.359. The molecular weight excluding hydrogens is 183 g/mol. The fourth-order valence-electron chi connectivity index (χ4n) is 1.42. The van der Waals surface area contributed by atoms with Crippen LogP contribution in [0.15, 0.2) is 24.4 Å². The van der Waals surface area contributed by atoms with E-state index in [4.69, 9.17) is 5.11 Å². The maximum Gasteiger partial charge on any atom is 0.138 e. The third-order valence-electron chi connectivity index (χ3n) is 2.16. The van der Waals surface area contributed by atoms with Crippen LogP contribution in [0.3, 0.4) is 0 Å². The molecule has 0 saturated carbocycles. The van der Waals surface area contributed by atoms with E-state index in [2.05, 4.69) is 5.10 Å². The van der Waals surface area contributed by atoms with Crippen molar-refractivity contribution in [1.29, 1.82) is 0 Å². The highest BCUT2D eigenvalue weighted by molar-refractivity contribution is 5.60. The number of nitrogens with zero attached hydrogens (tertiary/aromatic N) is 1. The van der Waals surface area contributed by atoms with E-state index < -0.39 is 0 Å². The second kappa shape index (κ2) is 3.31. The summed E-state index contributed by atoms with van der Waals surface area (Å²) in [5, 5.41) is 11.8. The first kappa shape index (κ1) is 9.02. The lowest BCUT2D eigenvalue weighted by atomic mass is 10.1. The van der Waals surface area contributed by atoms with Crippen molar-refractivity contribution < 1.29 is 9.50 Å². The molecule has 0 fully saturated rings. The Kier molecular flexibility index (Phi) is 2.13. The standard InChI is InChI=1S/C10H11FN2O/c1-13-5-9(12-13)8-4-2-3-7(6-14)10(8)11/h2-5,12,14H,6H2,1H3. The number of H-pyrrole nitrogens is 1. The van der Waals surface area contributed by atoms with E-state index in [-0.39, 0.29) is 12.4 Å². The number of aliphatic hydroxyl groups is 1. The van der Waals surface area contributed by atoms with Gasteiger partial charge in [-0.15, -0.1) is 0 Å². The van der Waals surface area contributed by atoms with Crippen molar-refractivity contribution in [3.05, 3.63) is 35.8 Å². The van der Waals surface area contributed by atoms with Gasteiger partial charge in [0.1, 0.15) is 5.82 Å². The number of hydrogen-bond acceptors (Lipinski definition) is 1.